The first-order chi connectivity index (χ1) is 13.1. The molecule has 0 unspecified atom stereocenters. The van der Waals surface area contributed by atoms with Gasteiger partial charge in [0.05, 0.1) is 16.1 Å². The molecule has 4 rings (SSSR count). The van der Waals surface area contributed by atoms with Gasteiger partial charge in [-0.3, -0.25) is 4.79 Å². The van der Waals surface area contributed by atoms with Crippen LogP contribution < -0.4 is 10.2 Å². The fourth-order valence-corrected chi connectivity index (χ4v) is 3.55. The maximum atomic E-state index is 13.5. The lowest BCUT2D eigenvalue weighted by atomic mass is 10.1. The minimum absolute atomic E-state index is 0.0947. The smallest absolute Gasteiger partial charge is 0.257 e. The molecule has 0 radical (unpaired) electrons. The summed E-state index contributed by atoms with van der Waals surface area (Å²) in [6, 6.07) is 9.17. The fraction of sp³-hybridized carbons (Fsp3) is 0.250. The van der Waals surface area contributed by atoms with Crippen LogP contribution in [0.1, 0.15) is 29.6 Å². The lowest BCUT2D eigenvalue weighted by Crippen LogP contribution is -2.30. The van der Waals surface area contributed by atoms with Crippen molar-refractivity contribution in [3.05, 3.63) is 59.1 Å². The Bertz CT molecular complexity index is 1000. The number of halogens is 2. The summed E-state index contributed by atoms with van der Waals surface area (Å²) in [6.07, 6.45) is 5.08. The molecule has 0 bridgehead atoms. The Morgan fingerprint density at radius 3 is 2.70 bits per heavy atom. The van der Waals surface area contributed by atoms with E-state index in [9.17, 15) is 9.18 Å². The molecule has 2 aromatic carbocycles. The minimum atomic E-state index is -0.510. The Balaban J connectivity index is 1.66. The van der Waals surface area contributed by atoms with Gasteiger partial charge >= 0.3 is 0 Å². The van der Waals surface area contributed by atoms with Crippen LogP contribution >= 0.6 is 11.6 Å². The molecule has 0 aliphatic carbocycles. The van der Waals surface area contributed by atoms with Crippen LogP contribution in [0.25, 0.3) is 10.9 Å². The number of nitrogens with zero attached hydrogens (tertiary/aromatic N) is 3. The van der Waals surface area contributed by atoms with Crippen LogP contribution in [0.5, 0.6) is 0 Å². The monoisotopic (exact) mass is 384 g/mol. The van der Waals surface area contributed by atoms with Crippen LogP contribution in [0.4, 0.5) is 15.9 Å². The SMILES string of the molecule is O=C(Nc1ccc2ncnc(N3CCCCC3)c2c1)c1cc(F)ccc1Cl. The molecule has 7 heteroatoms. The zero-order valence-electron chi connectivity index (χ0n) is 14.6. The summed E-state index contributed by atoms with van der Waals surface area (Å²) in [5.41, 5.74) is 1.49. The van der Waals surface area contributed by atoms with Crippen LogP contribution in [0.15, 0.2) is 42.7 Å². The van der Waals surface area contributed by atoms with Crippen LogP contribution in [0.2, 0.25) is 5.02 Å². The first-order valence-electron chi connectivity index (χ1n) is 8.88. The Morgan fingerprint density at radius 2 is 1.89 bits per heavy atom. The van der Waals surface area contributed by atoms with Gasteiger partial charge in [0.2, 0.25) is 0 Å². The number of benzene rings is 2. The van der Waals surface area contributed by atoms with Gasteiger partial charge in [0.1, 0.15) is 18.0 Å². The van der Waals surface area contributed by atoms with Gasteiger partial charge in [-0.05, 0) is 55.7 Å². The first-order valence-corrected chi connectivity index (χ1v) is 9.26. The molecule has 0 atom stereocenters. The summed E-state index contributed by atoms with van der Waals surface area (Å²) in [7, 11) is 0. The third kappa shape index (κ3) is 3.71. The predicted octanol–water partition coefficient (Wildman–Crippen LogP) is 4.66. The molecule has 1 aliphatic heterocycles. The maximum absolute atomic E-state index is 13.5. The van der Waals surface area contributed by atoms with E-state index in [1.807, 2.05) is 12.1 Å². The first kappa shape index (κ1) is 17.7. The molecule has 1 amide bonds. The molecule has 2 heterocycles. The van der Waals surface area contributed by atoms with Crippen molar-refractivity contribution < 1.29 is 9.18 Å². The van der Waals surface area contributed by atoms with E-state index in [1.165, 1.54) is 18.6 Å². The molecule has 5 nitrogen and oxygen atoms in total. The predicted molar refractivity (Wildman–Crippen MR) is 105 cm³/mol. The highest BCUT2D eigenvalue weighted by molar-refractivity contribution is 6.34. The van der Waals surface area contributed by atoms with Crippen LogP contribution in [0, 0.1) is 5.82 Å². The number of rotatable bonds is 3. The lowest BCUT2D eigenvalue weighted by molar-refractivity contribution is 0.102. The molecule has 3 aromatic rings. The Hall–Kier alpha value is -2.73. The second kappa shape index (κ2) is 7.48. The van der Waals surface area contributed by atoms with Crippen molar-refractivity contribution in [3.8, 4) is 0 Å². The van der Waals surface area contributed by atoms with Gasteiger partial charge in [0.15, 0.2) is 0 Å². The van der Waals surface area contributed by atoms with Gasteiger partial charge < -0.3 is 10.2 Å². The lowest BCUT2D eigenvalue weighted by Gasteiger charge is -2.28. The summed E-state index contributed by atoms with van der Waals surface area (Å²) in [6.45, 7) is 1.92. The molecule has 1 aromatic heterocycles. The largest absolute Gasteiger partial charge is 0.356 e. The molecule has 0 saturated carbocycles. The molecular formula is C20H18ClFN4O. The maximum Gasteiger partial charge on any atom is 0.257 e. The average Bonchev–Trinajstić information content (AvgIpc) is 2.70. The number of anilines is 2. The molecule has 27 heavy (non-hydrogen) atoms. The molecule has 1 aliphatic rings. The van der Waals surface area contributed by atoms with Gasteiger partial charge in [-0.1, -0.05) is 11.6 Å². The number of carbonyl (C=O) groups is 1. The van der Waals surface area contributed by atoms with Crippen molar-refractivity contribution in [2.75, 3.05) is 23.3 Å². The van der Waals surface area contributed by atoms with E-state index in [1.54, 1.807) is 12.4 Å². The molecule has 1 fully saturated rings. The summed E-state index contributed by atoms with van der Waals surface area (Å²) in [4.78, 5) is 23.5. The number of amides is 1. The zero-order chi connectivity index (χ0) is 18.8. The molecule has 0 spiro atoms. The Labute approximate surface area is 161 Å². The highest BCUT2D eigenvalue weighted by Gasteiger charge is 2.17. The van der Waals surface area contributed by atoms with E-state index in [-0.39, 0.29) is 10.6 Å². The van der Waals surface area contributed by atoms with Crippen molar-refractivity contribution >= 4 is 39.9 Å². The molecule has 1 saturated heterocycles. The standard InChI is InChI=1S/C20H18ClFN4O/c21-17-6-4-13(22)10-15(17)20(27)25-14-5-7-18-16(11-14)19(24-12-23-18)26-8-2-1-3-9-26/h4-7,10-12H,1-3,8-9H2,(H,25,27). The highest BCUT2D eigenvalue weighted by Crippen LogP contribution is 2.28. The van der Waals surface area contributed by atoms with E-state index < -0.39 is 11.7 Å². The molecular weight excluding hydrogens is 367 g/mol. The quantitative estimate of drug-likeness (QED) is 0.713. The van der Waals surface area contributed by atoms with E-state index in [0.29, 0.717) is 5.69 Å². The fourth-order valence-electron chi connectivity index (χ4n) is 3.35. The normalized spacial score (nSPS) is 14.4. The number of hydrogen-bond donors (Lipinski definition) is 1. The van der Waals surface area contributed by atoms with Crippen molar-refractivity contribution in [1.82, 2.24) is 9.97 Å². The van der Waals surface area contributed by atoms with Crippen LogP contribution in [-0.2, 0) is 0 Å². The van der Waals surface area contributed by atoms with Crippen molar-refractivity contribution in [3.63, 3.8) is 0 Å². The van der Waals surface area contributed by atoms with Crippen molar-refractivity contribution in [1.29, 1.82) is 0 Å². The summed E-state index contributed by atoms with van der Waals surface area (Å²) >= 11 is 6.02. The van der Waals surface area contributed by atoms with Crippen molar-refractivity contribution in [2.24, 2.45) is 0 Å². The highest BCUT2D eigenvalue weighted by atomic mass is 35.5. The average molecular weight is 385 g/mol. The summed E-state index contributed by atoms with van der Waals surface area (Å²) in [5.74, 6) is -0.0985. The Kier molecular flexibility index (Phi) is 4.90. The third-order valence-corrected chi connectivity index (χ3v) is 5.03. The summed E-state index contributed by atoms with van der Waals surface area (Å²) < 4.78 is 13.5. The molecule has 138 valence electrons. The number of hydrogen-bond acceptors (Lipinski definition) is 4. The van der Waals surface area contributed by atoms with Gasteiger partial charge in [-0.25, -0.2) is 14.4 Å². The minimum Gasteiger partial charge on any atom is -0.356 e. The van der Waals surface area contributed by atoms with Crippen molar-refractivity contribution in [2.45, 2.75) is 19.3 Å². The van der Waals surface area contributed by atoms with Crippen LogP contribution in [-0.4, -0.2) is 29.0 Å². The van der Waals surface area contributed by atoms with Gasteiger partial charge in [-0.15, -0.1) is 0 Å². The van der Waals surface area contributed by atoms with Gasteiger partial charge in [-0.2, -0.15) is 0 Å². The van der Waals surface area contributed by atoms with E-state index in [4.69, 9.17) is 11.6 Å². The summed E-state index contributed by atoms with van der Waals surface area (Å²) in [5, 5.41) is 3.86. The van der Waals surface area contributed by atoms with E-state index in [2.05, 4.69) is 20.2 Å². The second-order valence-electron chi connectivity index (χ2n) is 6.56. The third-order valence-electron chi connectivity index (χ3n) is 4.70. The number of fused-ring (bicyclic) bond motifs is 1. The Morgan fingerprint density at radius 1 is 1.07 bits per heavy atom. The van der Waals surface area contributed by atoms with Crippen LogP contribution in [0.3, 0.4) is 0 Å². The second-order valence-corrected chi connectivity index (χ2v) is 6.96. The molecule has 1 N–H and O–H groups in total. The zero-order valence-corrected chi connectivity index (χ0v) is 15.3. The van der Waals surface area contributed by atoms with Gasteiger partial charge in [0, 0.05) is 24.2 Å². The van der Waals surface area contributed by atoms with Gasteiger partial charge in [0.25, 0.3) is 5.91 Å². The number of piperidine rings is 1. The number of aromatic nitrogens is 2. The van der Waals surface area contributed by atoms with E-state index in [0.717, 1.165) is 48.7 Å². The topological polar surface area (TPSA) is 58.1 Å². The number of carbonyl (C=O) groups excluding carboxylic acids is 1. The van der Waals surface area contributed by atoms with E-state index >= 15 is 0 Å². The number of nitrogens with one attached hydrogen (secondary N) is 1.